The van der Waals surface area contributed by atoms with Gasteiger partial charge in [0.25, 0.3) is 0 Å². The van der Waals surface area contributed by atoms with E-state index in [0.29, 0.717) is 11.3 Å². The molecule has 1 fully saturated rings. The fraction of sp³-hybridized carbons (Fsp3) is 0.684. The van der Waals surface area contributed by atoms with Crippen LogP contribution < -0.4 is 5.32 Å². The van der Waals surface area contributed by atoms with Gasteiger partial charge >= 0.3 is 0 Å². The van der Waals surface area contributed by atoms with E-state index in [1.807, 2.05) is 0 Å². The lowest BCUT2D eigenvalue weighted by atomic mass is 9.90. The van der Waals surface area contributed by atoms with Crippen LogP contribution in [-0.2, 0) is 0 Å². The standard InChI is InChI=1S/C19H31NS/c1-5-20-19(17-11-9-14(2)10-12-17)16(4)21-18-8-6-7-15(3)13-18/h9-12,15-16,18-20H,5-8,13H2,1-4H3. The quantitative estimate of drug-likeness (QED) is 0.760. The van der Waals surface area contributed by atoms with E-state index in [2.05, 4.69) is 69.0 Å². The molecule has 2 rings (SSSR count). The average molecular weight is 306 g/mol. The molecule has 0 spiro atoms. The van der Waals surface area contributed by atoms with Crippen molar-refractivity contribution in [2.45, 2.75) is 69.9 Å². The van der Waals surface area contributed by atoms with Gasteiger partial charge in [-0.15, -0.1) is 0 Å². The molecule has 0 bridgehead atoms. The summed E-state index contributed by atoms with van der Waals surface area (Å²) in [5.41, 5.74) is 2.78. The summed E-state index contributed by atoms with van der Waals surface area (Å²) in [6.45, 7) is 10.2. The van der Waals surface area contributed by atoms with Crippen molar-refractivity contribution in [2.24, 2.45) is 5.92 Å². The van der Waals surface area contributed by atoms with Crippen LogP contribution in [0.25, 0.3) is 0 Å². The Morgan fingerprint density at radius 3 is 2.57 bits per heavy atom. The molecule has 4 unspecified atom stereocenters. The second-order valence-electron chi connectivity index (χ2n) is 6.68. The third kappa shape index (κ3) is 5.03. The first kappa shape index (κ1) is 16.9. The molecule has 118 valence electrons. The lowest BCUT2D eigenvalue weighted by molar-refractivity contribution is 0.392. The number of aryl methyl sites for hydroxylation is 1. The number of thioether (sulfide) groups is 1. The maximum atomic E-state index is 3.70. The highest BCUT2D eigenvalue weighted by Gasteiger charge is 2.25. The highest BCUT2D eigenvalue weighted by Crippen LogP contribution is 2.37. The lowest BCUT2D eigenvalue weighted by Gasteiger charge is -2.32. The van der Waals surface area contributed by atoms with E-state index < -0.39 is 0 Å². The number of hydrogen-bond donors (Lipinski definition) is 1. The second kappa shape index (κ2) is 8.24. The van der Waals surface area contributed by atoms with Crippen molar-refractivity contribution in [1.29, 1.82) is 0 Å². The van der Waals surface area contributed by atoms with Crippen LogP contribution in [-0.4, -0.2) is 17.0 Å². The first-order valence-electron chi connectivity index (χ1n) is 8.55. The predicted octanol–water partition coefficient (Wildman–Crippen LogP) is 5.35. The Hall–Kier alpha value is -0.470. The molecule has 1 aliphatic carbocycles. The lowest BCUT2D eigenvalue weighted by Crippen LogP contribution is -2.30. The van der Waals surface area contributed by atoms with E-state index in [-0.39, 0.29) is 0 Å². The van der Waals surface area contributed by atoms with E-state index in [4.69, 9.17) is 0 Å². The zero-order chi connectivity index (χ0) is 15.2. The Labute approximate surface area is 135 Å². The molecule has 1 N–H and O–H groups in total. The molecule has 0 radical (unpaired) electrons. The maximum absolute atomic E-state index is 3.70. The molecule has 0 amide bonds. The Morgan fingerprint density at radius 1 is 1.24 bits per heavy atom. The summed E-state index contributed by atoms with van der Waals surface area (Å²) in [6.07, 6.45) is 5.66. The molecule has 0 aliphatic heterocycles. The third-order valence-corrected chi connectivity index (χ3v) is 6.14. The summed E-state index contributed by atoms with van der Waals surface area (Å²) in [6, 6.07) is 9.53. The Bertz CT molecular complexity index is 414. The van der Waals surface area contributed by atoms with Gasteiger partial charge in [-0.1, -0.05) is 63.4 Å². The van der Waals surface area contributed by atoms with Gasteiger partial charge in [-0.3, -0.25) is 0 Å². The van der Waals surface area contributed by atoms with Crippen LogP contribution in [0.5, 0.6) is 0 Å². The number of benzene rings is 1. The fourth-order valence-electron chi connectivity index (χ4n) is 3.43. The zero-order valence-electron chi connectivity index (χ0n) is 14.1. The summed E-state index contributed by atoms with van der Waals surface area (Å²) in [7, 11) is 0. The molecule has 1 nitrogen and oxygen atoms in total. The maximum Gasteiger partial charge on any atom is 0.0437 e. The minimum atomic E-state index is 0.470. The van der Waals surface area contributed by atoms with Crippen molar-refractivity contribution in [3.8, 4) is 0 Å². The molecule has 1 aromatic carbocycles. The van der Waals surface area contributed by atoms with Gasteiger partial charge in [0, 0.05) is 16.5 Å². The highest BCUT2D eigenvalue weighted by molar-refractivity contribution is 8.00. The minimum absolute atomic E-state index is 0.470. The first-order valence-corrected chi connectivity index (χ1v) is 9.49. The molecular formula is C19H31NS. The predicted molar refractivity (Wildman–Crippen MR) is 96.1 cm³/mol. The number of nitrogens with one attached hydrogen (secondary N) is 1. The molecule has 1 aromatic rings. The number of hydrogen-bond acceptors (Lipinski definition) is 2. The largest absolute Gasteiger partial charge is 0.309 e. The van der Waals surface area contributed by atoms with Crippen LogP contribution in [0.3, 0.4) is 0 Å². The minimum Gasteiger partial charge on any atom is -0.309 e. The first-order chi connectivity index (χ1) is 10.1. The second-order valence-corrected chi connectivity index (χ2v) is 8.36. The van der Waals surface area contributed by atoms with Gasteiger partial charge in [0.1, 0.15) is 0 Å². The van der Waals surface area contributed by atoms with Crippen LogP contribution in [0.1, 0.15) is 63.6 Å². The van der Waals surface area contributed by atoms with Gasteiger partial charge < -0.3 is 5.32 Å². The topological polar surface area (TPSA) is 12.0 Å². The van der Waals surface area contributed by atoms with Crippen molar-refractivity contribution in [3.63, 3.8) is 0 Å². The Morgan fingerprint density at radius 2 is 1.95 bits per heavy atom. The van der Waals surface area contributed by atoms with E-state index in [1.54, 1.807) is 0 Å². The van der Waals surface area contributed by atoms with Crippen LogP contribution >= 0.6 is 11.8 Å². The van der Waals surface area contributed by atoms with Gasteiger partial charge in [-0.05, 0) is 37.8 Å². The summed E-state index contributed by atoms with van der Waals surface area (Å²) >= 11 is 2.21. The van der Waals surface area contributed by atoms with Crippen LogP contribution in [0.2, 0.25) is 0 Å². The highest BCUT2D eigenvalue weighted by atomic mass is 32.2. The van der Waals surface area contributed by atoms with Gasteiger partial charge in [0.05, 0.1) is 0 Å². The van der Waals surface area contributed by atoms with E-state index in [1.165, 1.54) is 36.8 Å². The fourth-order valence-corrected chi connectivity index (χ4v) is 5.19. The molecule has 4 atom stereocenters. The Kier molecular flexibility index (Phi) is 6.63. The van der Waals surface area contributed by atoms with Crippen LogP contribution in [0, 0.1) is 12.8 Å². The SMILES string of the molecule is CCNC(c1ccc(C)cc1)C(C)SC1CCCC(C)C1. The molecule has 2 heteroatoms. The third-order valence-electron chi connectivity index (χ3n) is 4.63. The molecule has 1 aliphatic rings. The van der Waals surface area contributed by atoms with Crippen LogP contribution in [0.4, 0.5) is 0 Å². The van der Waals surface area contributed by atoms with Crippen molar-refractivity contribution in [1.82, 2.24) is 5.32 Å². The monoisotopic (exact) mass is 305 g/mol. The smallest absolute Gasteiger partial charge is 0.0437 e. The number of rotatable bonds is 6. The van der Waals surface area contributed by atoms with Gasteiger partial charge in [0.2, 0.25) is 0 Å². The normalized spacial score (nSPS) is 25.5. The molecular weight excluding hydrogens is 274 g/mol. The van der Waals surface area contributed by atoms with E-state index >= 15 is 0 Å². The van der Waals surface area contributed by atoms with E-state index in [0.717, 1.165) is 17.7 Å². The van der Waals surface area contributed by atoms with Crippen LogP contribution in [0.15, 0.2) is 24.3 Å². The average Bonchev–Trinajstić information content (AvgIpc) is 2.46. The van der Waals surface area contributed by atoms with Crippen molar-refractivity contribution in [3.05, 3.63) is 35.4 Å². The van der Waals surface area contributed by atoms with Gasteiger partial charge in [-0.2, -0.15) is 11.8 Å². The summed E-state index contributed by atoms with van der Waals surface area (Å²) in [5, 5.41) is 5.18. The van der Waals surface area contributed by atoms with Crippen molar-refractivity contribution >= 4 is 11.8 Å². The van der Waals surface area contributed by atoms with Gasteiger partial charge in [-0.25, -0.2) is 0 Å². The molecule has 1 saturated carbocycles. The van der Waals surface area contributed by atoms with Crippen molar-refractivity contribution in [2.75, 3.05) is 6.54 Å². The summed E-state index contributed by atoms with van der Waals surface area (Å²) in [5.74, 6) is 0.917. The van der Waals surface area contributed by atoms with Crippen molar-refractivity contribution < 1.29 is 0 Å². The molecule has 0 heterocycles. The molecule has 0 aromatic heterocycles. The van der Waals surface area contributed by atoms with E-state index in [9.17, 15) is 0 Å². The Balaban J connectivity index is 2.01. The summed E-state index contributed by atoms with van der Waals surface area (Å²) < 4.78 is 0. The summed E-state index contributed by atoms with van der Waals surface area (Å²) in [4.78, 5) is 0. The van der Waals surface area contributed by atoms with Gasteiger partial charge in [0.15, 0.2) is 0 Å². The zero-order valence-corrected chi connectivity index (χ0v) is 14.9. The molecule has 0 saturated heterocycles. The molecule has 21 heavy (non-hydrogen) atoms.